The summed E-state index contributed by atoms with van der Waals surface area (Å²) in [5.41, 5.74) is 1.08. The number of thioether (sulfide) groups is 1. The summed E-state index contributed by atoms with van der Waals surface area (Å²) >= 11 is 2.01. The van der Waals surface area contributed by atoms with E-state index in [0.717, 1.165) is 18.5 Å². The number of nitrogens with one attached hydrogen (secondary N) is 1. The van der Waals surface area contributed by atoms with Gasteiger partial charge in [0, 0.05) is 6.54 Å². The number of rotatable bonds is 4. The van der Waals surface area contributed by atoms with Gasteiger partial charge in [-0.15, -0.1) is 0 Å². The van der Waals surface area contributed by atoms with Gasteiger partial charge in [-0.1, -0.05) is 37.3 Å². The molecule has 1 aromatic rings. The number of nitrogens with zero attached hydrogens (tertiary/aromatic N) is 1. The van der Waals surface area contributed by atoms with Crippen molar-refractivity contribution < 1.29 is 4.79 Å². The summed E-state index contributed by atoms with van der Waals surface area (Å²) in [5, 5.41) is 3.50. The van der Waals surface area contributed by atoms with E-state index in [1.807, 2.05) is 42.1 Å². The monoisotopic (exact) mass is 290 g/mol. The summed E-state index contributed by atoms with van der Waals surface area (Å²) in [7, 11) is 0. The molecule has 0 saturated carbocycles. The third kappa shape index (κ3) is 2.72. The van der Waals surface area contributed by atoms with Gasteiger partial charge in [0.1, 0.15) is 6.04 Å². The fourth-order valence-electron chi connectivity index (χ4n) is 3.12. The molecule has 1 N–H and O–H groups in total. The van der Waals surface area contributed by atoms with Crippen LogP contribution in [0.25, 0.3) is 0 Å². The molecule has 3 atom stereocenters. The Morgan fingerprint density at radius 3 is 2.80 bits per heavy atom. The number of amides is 1. The van der Waals surface area contributed by atoms with Gasteiger partial charge < -0.3 is 4.90 Å². The van der Waals surface area contributed by atoms with Crippen molar-refractivity contribution in [1.82, 2.24) is 10.2 Å². The molecule has 4 heteroatoms. The minimum absolute atomic E-state index is 0.157. The van der Waals surface area contributed by atoms with Crippen LogP contribution in [-0.2, 0) is 4.79 Å². The molecular weight excluding hydrogens is 268 g/mol. The van der Waals surface area contributed by atoms with Crippen LogP contribution < -0.4 is 5.32 Å². The third-order valence-electron chi connectivity index (χ3n) is 4.26. The molecule has 0 aliphatic carbocycles. The summed E-state index contributed by atoms with van der Waals surface area (Å²) in [6.45, 7) is 3.06. The first kappa shape index (κ1) is 14.0. The Balaban J connectivity index is 1.74. The standard InChI is InChI=1S/C16H22N2OS/c1-2-14-17-15(13-6-4-3-5-7-13)16(19)18(14)10-12-8-9-20-11-12/h3-7,12,14-15,17H,2,8-11H2,1H3. The van der Waals surface area contributed by atoms with Crippen molar-refractivity contribution in [3.05, 3.63) is 35.9 Å². The fourth-order valence-corrected chi connectivity index (χ4v) is 4.39. The molecular formula is C16H22N2OS. The summed E-state index contributed by atoms with van der Waals surface area (Å²) in [6, 6.07) is 9.92. The molecule has 20 heavy (non-hydrogen) atoms. The average molecular weight is 290 g/mol. The summed E-state index contributed by atoms with van der Waals surface area (Å²) in [5.74, 6) is 3.38. The van der Waals surface area contributed by atoms with Crippen LogP contribution in [0, 0.1) is 5.92 Å². The summed E-state index contributed by atoms with van der Waals surface area (Å²) < 4.78 is 0. The highest BCUT2D eigenvalue weighted by Crippen LogP contribution is 2.30. The minimum Gasteiger partial charge on any atom is -0.325 e. The maximum Gasteiger partial charge on any atom is 0.245 e. The molecule has 3 nitrogen and oxygen atoms in total. The van der Waals surface area contributed by atoms with E-state index < -0.39 is 0 Å². The molecule has 0 bridgehead atoms. The molecule has 2 saturated heterocycles. The molecule has 0 aromatic heterocycles. The predicted molar refractivity (Wildman–Crippen MR) is 83.5 cm³/mol. The zero-order chi connectivity index (χ0) is 13.9. The third-order valence-corrected chi connectivity index (χ3v) is 5.50. The predicted octanol–water partition coefficient (Wildman–Crippen LogP) is 2.65. The van der Waals surface area contributed by atoms with Crippen molar-refractivity contribution in [3.63, 3.8) is 0 Å². The molecule has 1 aromatic carbocycles. The lowest BCUT2D eigenvalue weighted by Gasteiger charge is -2.25. The van der Waals surface area contributed by atoms with E-state index in [1.165, 1.54) is 17.9 Å². The highest BCUT2D eigenvalue weighted by molar-refractivity contribution is 7.99. The Hall–Kier alpha value is -1.00. The minimum atomic E-state index is -0.157. The van der Waals surface area contributed by atoms with Crippen LogP contribution >= 0.6 is 11.8 Å². The van der Waals surface area contributed by atoms with Crippen LogP contribution in [0.4, 0.5) is 0 Å². The average Bonchev–Trinajstić information content (AvgIpc) is 3.10. The zero-order valence-corrected chi connectivity index (χ0v) is 12.7. The Morgan fingerprint density at radius 1 is 1.35 bits per heavy atom. The van der Waals surface area contributed by atoms with Crippen molar-refractivity contribution in [2.75, 3.05) is 18.1 Å². The topological polar surface area (TPSA) is 32.3 Å². The molecule has 0 spiro atoms. The van der Waals surface area contributed by atoms with Crippen molar-refractivity contribution in [3.8, 4) is 0 Å². The van der Waals surface area contributed by atoms with Crippen LogP contribution in [-0.4, -0.2) is 35.0 Å². The Morgan fingerprint density at radius 2 is 2.15 bits per heavy atom. The molecule has 0 radical (unpaired) electrons. The largest absolute Gasteiger partial charge is 0.325 e. The van der Waals surface area contributed by atoms with E-state index in [2.05, 4.69) is 17.1 Å². The maximum absolute atomic E-state index is 12.7. The SMILES string of the molecule is CCC1NC(c2ccccc2)C(=O)N1CC1CCSC1. The Kier molecular flexibility index (Phi) is 4.32. The van der Waals surface area contributed by atoms with Crippen molar-refractivity contribution in [2.24, 2.45) is 5.92 Å². The first-order valence-corrected chi connectivity index (χ1v) is 8.64. The van der Waals surface area contributed by atoms with E-state index in [1.54, 1.807) is 0 Å². The van der Waals surface area contributed by atoms with Crippen molar-refractivity contribution in [1.29, 1.82) is 0 Å². The summed E-state index contributed by atoms with van der Waals surface area (Å²) in [4.78, 5) is 14.8. The molecule has 2 aliphatic heterocycles. The van der Waals surface area contributed by atoms with Gasteiger partial charge >= 0.3 is 0 Å². The lowest BCUT2D eigenvalue weighted by atomic mass is 10.1. The van der Waals surface area contributed by atoms with Gasteiger partial charge in [0.05, 0.1) is 6.17 Å². The first-order chi connectivity index (χ1) is 9.79. The second-order valence-electron chi connectivity index (χ2n) is 5.65. The van der Waals surface area contributed by atoms with E-state index in [4.69, 9.17) is 0 Å². The van der Waals surface area contributed by atoms with Crippen LogP contribution in [0.3, 0.4) is 0 Å². The first-order valence-electron chi connectivity index (χ1n) is 7.48. The quantitative estimate of drug-likeness (QED) is 0.925. The van der Waals surface area contributed by atoms with Gasteiger partial charge in [0.2, 0.25) is 5.91 Å². The molecule has 3 unspecified atom stereocenters. The lowest BCUT2D eigenvalue weighted by Crippen LogP contribution is -2.40. The Labute approximate surface area is 125 Å². The molecule has 2 aliphatic rings. The van der Waals surface area contributed by atoms with Gasteiger partial charge in [-0.3, -0.25) is 10.1 Å². The molecule has 2 fully saturated rings. The van der Waals surface area contributed by atoms with E-state index >= 15 is 0 Å². The number of carbonyl (C=O) groups excluding carboxylic acids is 1. The van der Waals surface area contributed by atoms with E-state index in [0.29, 0.717) is 5.92 Å². The van der Waals surface area contributed by atoms with Gasteiger partial charge in [0.25, 0.3) is 0 Å². The van der Waals surface area contributed by atoms with Crippen LogP contribution in [0.2, 0.25) is 0 Å². The van der Waals surface area contributed by atoms with E-state index in [9.17, 15) is 4.79 Å². The van der Waals surface area contributed by atoms with Crippen LogP contribution in [0.15, 0.2) is 30.3 Å². The number of hydrogen-bond acceptors (Lipinski definition) is 3. The van der Waals surface area contributed by atoms with Crippen LogP contribution in [0.1, 0.15) is 31.4 Å². The summed E-state index contributed by atoms with van der Waals surface area (Å²) in [6.07, 6.45) is 2.41. The number of carbonyl (C=O) groups is 1. The van der Waals surface area contributed by atoms with Gasteiger partial charge in [-0.2, -0.15) is 11.8 Å². The van der Waals surface area contributed by atoms with Crippen molar-refractivity contribution in [2.45, 2.75) is 32.0 Å². The maximum atomic E-state index is 12.7. The smallest absolute Gasteiger partial charge is 0.245 e. The Bertz CT molecular complexity index is 459. The van der Waals surface area contributed by atoms with Gasteiger partial charge in [0.15, 0.2) is 0 Å². The second kappa shape index (κ2) is 6.19. The van der Waals surface area contributed by atoms with Gasteiger partial charge in [-0.25, -0.2) is 0 Å². The van der Waals surface area contributed by atoms with E-state index in [-0.39, 0.29) is 18.1 Å². The highest BCUT2D eigenvalue weighted by Gasteiger charge is 2.39. The molecule has 3 rings (SSSR count). The lowest BCUT2D eigenvalue weighted by molar-refractivity contribution is -0.130. The van der Waals surface area contributed by atoms with Crippen LogP contribution in [0.5, 0.6) is 0 Å². The second-order valence-corrected chi connectivity index (χ2v) is 6.80. The molecule has 108 valence electrons. The highest BCUT2D eigenvalue weighted by atomic mass is 32.2. The normalized spacial score (nSPS) is 30.1. The zero-order valence-electron chi connectivity index (χ0n) is 11.9. The molecule has 1 amide bonds. The number of benzene rings is 1. The fraction of sp³-hybridized carbons (Fsp3) is 0.562. The van der Waals surface area contributed by atoms with Crippen molar-refractivity contribution >= 4 is 17.7 Å². The molecule has 2 heterocycles. The number of hydrogen-bond donors (Lipinski definition) is 1. The van der Waals surface area contributed by atoms with Gasteiger partial charge in [-0.05, 0) is 35.8 Å².